The largest absolute Gasteiger partial charge is 0.330 e. The Hall–Kier alpha value is -1.85. The van der Waals surface area contributed by atoms with Crippen LogP contribution in [-0.4, -0.2) is 38.5 Å². The predicted octanol–water partition coefficient (Wildman–Crippen LogP) is -0.260. The van der Waals surface area contributed by atoms with Crippen LogP contribution >= 0.6 is 0 Å². The number of hydrogen-bond donors (Lipinski definition) is 1. The first kappa shape index (κ1) is 7.54. The lowest BCUT2D eigenvalue weighted by atomic mass is 10.2. The number of urea groups is 1. The summed E-state index contributed by atoms with van der Waals surface area (Å²) < 4.78 is 1.66. The minimum absolute atomic E-state index is 0.0412. The molecule has 1 aromatic heterocycles. The molecule has 1 fully saturated rings. The van der Waals surface area contributed by atoms with E-state index in [0.29, 0.717) is 6.54 Å². The highest BCUT2D eigenvalue weighted by molar-refractivity contribution is 5.78. The molecule has 6 nitrogen and oxygen atoms in total. The average molecular weight is 191 g/mol. The number of amides is 2. The molecule has 3 heterocycles. The van der Waals surface area contributed by atoms with Crippen molar-refractivity contribution in [3.63, 3.8) is 0 Å². The zero-order valence-electron chi connectivity index (χ0n) is 7.37. The molecular weight excluding hydrogens is 182 g/mol. The fraction of sp³-hybridized carbons (Fsp3) is 0.375. The highest BCUT2D eigenvalue weighted by atomic mass is 16.2. The summed E-state index contributed by atoms with van der Waals surface area (Å²) in [6.07, 6.45) is 7.18. The summed E-state index contributed by atoms with van der Waals surface area (Å²) in [5.74, 6) is 0. The van der Waals surface area contributed by atoms with E-state index < -0.39 is 0 Å². The number of hydrogen-bond acceptors (Lipinski definition) is 3. The summed E-state index contributed by atoms with van der Waals surface area (Å²) in [5.41, 5.74) is 0. The van der Waals surface area contributed by atoms with Crippen molar-refractivity contribution in [2.45, 2.75) is 12.2 Å². The molecule has 1 aromatic rings. The molecule has 2 aliphatic rings. The predicted molar refractivity (Wildman–Crippen MR) is 47.2 cm³/mol. The lowest BCUT2D eigenvalue weighted by Crippen LogP contribution is -2.35. The highest BCUT2D eigenvalue weighted by Gasteiger charge is 2.36. The van der Waals surface area contributed by atoms with Crippen molar-refractivity contribution in [2.24, 2.45) is 0 Å². The molecule has 72 valence electrons. The minimum Gasteiger partial charge on any atom is -0.330 e. The van der Waals surface area contributed by atoms with Gasteiger partial charge in [-0.15, -0.1) is 5.10 Å². The summed E-state index contributed by atoms with van der Waals surface area (Å²) >= 11 is 0. The normalized spacial score (nSPS) is 29.4. The van der Waals surface area contributed by atoms with Gasteiger partial charge in [0.1, 0.15) is 6.17 Å². The van der Waals surface area contributed by atoms with Gasteiger partial charge >= 0.3 is 6.03 Å². The fourth-order valence-electron chi connectivity index (χ4n) is 1.85. The Morgan fingerprint density at radius 2 is 2.43 bits per heavy atom. The molecule has 14 heavy (non-hydrogen) atoms. The van der Waals surface area contributed by atoms with Crippen molar-refractivity contribution in [3.05, 3.63) is 24.5 Å². The molecule has 0 saturated carbocycles. The van der Waals surface area contributed by atoms with Gasteiger partial charge in [-0.1, -0.05) is 11.3 Å². The zero-order chi connectivity index (χ0) is 9.54. The van der Waals surface area contributed by atoms with E-state index in [1.54, 1.807) is 22.0 Å². The van der Waals surface area contributed by atoms with Crippen LogP contribution in [0.25, 0.3) is 0 Å². The maximum atomic E-state index is 11.5. The lowest BCUT2D eigenvalue weighted by Gasteiger charge is -2.25. The summed E-state index contributed by atoms with van der Waals surface area (Å²) in [5, 5.41) is 10.5. The summed E-state index contributed by atoms with van der Waals surface area (Å²) in [7, 11) is 0. The van der Waals surface area contributed by atoms with E-state index >= 15 is 0 Å². The van der Waals surface area contributed by atoms with Crippen molar-refractivity contribution in [2.75, 3.05) is 6.54 Å². The molecule has 0 aliphatic carbocycles. The van der Waals surface area contributed by atoms with E-state index in [1.807, 2.05) is 12.2 Å². The minimum atomic E-state index is -0.128. The van der Waals surface area contributed by atoms with Crippen LogP contribution in [0.2, 0.25) is 0 Å². The number of nitrogens with one attached hydrogen (secondary N) is 1. The van der Waals surface area contributed by atoms with Gasteiger partial charge < -0.3 is 5.32 Å². The van der Waals surface area contributed by atoms with Gasteiger partial charge in [0, 0.05) is 12.7 Å². The third kappa shape index (κ3) is 0.935. The van der Waals surface area contributed by atoms with E-state index in [0.717, 1.165) is 0 Å². The maximum absolute atomic E-state index is 11.5. The van der Waals surface area contributed by atoms with Crippen LogP contribution in [0.15, 0.2) is 24.5 Å². The molecule has 2 unspecified atom stereocenters. The zero-order valence-corrected chi connectivity index (χ0v) is 7.37. The number of aromatic nitrogens is 3. The van der Waals surface area contributed by atoms with Crippen LogP contribution in [0.1, 0.15) is 6.17 Å². The standard InChI is InChI=1S/C8H9N5O/c14-8-10-6-1-2-7(12(8)5-6)13-4-3-9-11-13/h1-4,6-7H,5H2,(H,10,14). The first-order valence-corrected chi connectivity index (χ1v) is 4.46. The molecule has 6 heteroatoms. The Morgan fingerprint density at radius 1 is 1.50 bits per heavy atom. The number of fused-ring (bicyclic) bond motifs is 2. The van der Waals surface area contributed by atoms with E-state index in [-0.39, 0.29) is 18.2 Å². The topological polar surface area (TPSA) is 63.1 Å². The molecule has 3 rings (SSSR count). The van der Waals surface area contributed by atoms with Crippen molar-refractivity contribution in [1.82, 2.24) is 25.2 Å². The number of rotatable bonds is 1. The van der Waals surface area contributed by atoms with Crippen LogP contribution in [0, 0.1) is 0 Å². The smallest absolute Gasteiger partial charge is 0.319 e. The maximum Gasteiger partial charge on any atom is 0.319 e. The molecular formula is C8H9N5O. The van der Waals surface area contributed by atoms with Crippen LogP contribution in [0.4, 0.5) is 4.79 Å². The SMILES string of the molecule is O=C1NC2C=CC(n3ccnn3)N1C2. The second-order valence-electron chi connectivity index (χ2n) is 3.39. The van der Waals surface area contributed by atoms with Crippen molar-refractivity contribution in [3.8, 4) is 0 Å². The van der Waals surface area contributed by atoms with Gasteiger partial charge in [-0.3, -0.25) is 4.90 Å². The summed E-state index contributed by atoms with van der Waals surface area (Å²) in [6, 6.07) is 0.114. The van der Waals surface area contributed by atoms with Gasteiger partial charge in [0.15, 0.2) is 0 Å². The van der Waals surface area contributed by atoms with Crippen LogP contribution in [-0.2, 0) is 0 Å². The van der Waals surface area contributed by atoms with E-state index in [4.69, 9.17) is 0 Å². The molecule has 1 N–H and O–H groups in total. The van der Waals surface area contributed by atoms with Gasteiger partial charge in [0.05, 0.1) is 12.2 Å². The Kier molecular flexibility index (Phi) is 1.38. The van der Waals surface area contributed by atoms with Gasteiger partial charge in [-0.25, -0.2) is 9.48 Å². The summed E-state index contributed by atoms with van der Waals surface area (Å²) in [6.45, 7) is 0.708. The van der Waals surface area contributed by atoms with E-state index in [1.165, 1.54) is 0 Å². The number of nitrogens with zero attached hydrogens (tertiary/aromatic N) is 4. The molecule has 2 bridgehead atoms. The van der Waals surface area contributed by atoms with E-state index in [2.05, 4.69) is 15.6 Å². The Morgan fingerprint density at radius 3 is 3.21 bits per heavy atom. The number of carbonyl (C=O) groups is 1. The van der Waals surface area contributed by atoms with Gasteiger partial charge in [0.25, 0.3) is 0 Å². The molecule has 2 aliphatic heterocycles. The molecule has 0 radical (unpaired) electrons. The third-order valence-electron chi connectivity index (χ3n) is 2.51. The van der Waals surface area contributed by atoms with Crippen LogP contribution in [0.3, 0.4) is 0 Å². The highest BCUT2D eigenvalue weighted by Crippen LogP contribution is 2.23. The van der Waals surface area contributed by atoms with Crippen LogP contribution < -0.4 is 5.32 Å². The quantitative estimate of drug-likeness (QED) is 0.622. The van der Waals surface area contributed by atoms with Crippen molar-refractivity contribution < 1.29 is 4.79 Å². The van der Waals surface area contributed by atoms with E-state index in [9.17, 15) is 4.79 Å². The summed E-state index contributed by atoms with van der Waals surface area (Å²) in [4.78, 5) is 13.2. The lowest BCUT2D eigenvalue weighted by molar-refractivity contribution is 0.182. The first-order chi connectivity index (χ1) is 6.84. The van der Waals surface area contributed by atoms with Gasteiger partial charge in [-0.05, 0) is 6.08 Å². The molecule has 1 saturated heterocycles. The molecule has 2 atom stereocenters. The van der Waals surface area contributed by atoms with Crippen LogP contribution in [0.5, 0.6) is 0 Å². The third-order valence-corrected chi connectivity index (χ3v) is 2.51. The average Bonchev–Trinajstić information content (AvgIpc) is 2.78. The Balaban J connectivity index is 1.98. The Bertz CT molecular complexity index is 384. The van der Waals surface area contributed by atoms with Gasteiger partial charge in [0.2, 0.25) is 0 Å². The first-order valence-electron chi connectivity index (χ1n) is 4.46. The van der Waals surface area contributed by atoms with Crippen molar-refractivity contribution in [1.29, 1.82) is 0 Å². The monoisotopic (exact) mass is 191 g/mol. The van der Waals surface area contributed by atoms with Crippen molar-refractivity contribution >= 4 is 6.03 Å². The number of carbonyl (C=O) groups excluding carboxylic acids is 1. The molecule has 0 spiro atoms. The Labute approximate surface area is 80.2 Å². The second kappa shape index (κ2) is 2.57. The van der Waals surface area contributed by atoms with Gasteiger partial charge in [-0.2, -0.15) is 0 Å². The molecule has 2 amide bonds. The fourth-order valence-corrected chi connectivity index (χ4v) is 1.85. The molecule has 0 aromatic carbocycles. The second-order valence-corrected chi connectivity index (χ2v) is 3.39.